The average Bonchev–Trinajstić information content (AvgIpc) is 2.95. The maximum absolute atomic E-state index is 10.6. The van der Waals surface area contributed by atoms with Gasteiger partial charge in [-0.1, -0.05) is 12.1 Å². The number of carboxylic acid groups (broad SMARTS) is 1. The summed E-state index contributed by atoms with van der Waals surface area (Å²) in [5, 5.41) is 15.9. The van der Waals surface area contributed by atoms with Crippen molar-refractivity contribution in [1.29, 1.82) is 0 Å². The number of hydrogen-bond donors (Lipinski definition) is 2. The Morgan fingerprint density at radius 3 is 2.96 bits per heavy atom. The molecule has 3 rings (SSSR count). The van der Waals surface area contributed by atoms with Crippen molar-refractivity contribution in [3.8, 4) is 5.75 Å². The molecule has 1 aromatic carbocycles. The van der Waals surface area contributed by atoms with Gasteiger partial charge in [-0.15, -0.1) is 0 Å². The Morgan fingerprint density at radius 2 is 2.17 bits per heavy atom. The number of carboxylic acids is 1. The first-order valence-electron chi connectivity index (χ1n) is 7.35. The molecule has 24 heavy (non-hydrogen) atoms. The second-order valence-corrected chi connectivity index (χ2v) is 5.43. The lowest BCUT2D eigenvalue weighted by atomic mass is 10.2. The lowest BCUT2D eigenvalue weighted by molar-refractivity contribution is -0.139. The predicted octanol–water partition coefficient (Wildman–Crippen LogP) is 1.76. The number of anilines is 1. The van der Waals surface area contributed by atoms with E-state index in [0.29, 0.717) is 12.3 Å². The van der Waals surface area contributed by atoms with Crippen LogP contribution in [-0.4, -0.2) is 44.9 Å². The number of aromatic nitrogens is 4. The van der Waals surface area contributed by atoms with E-state index in [4.69, 9.17) is 9.84 Å². The fourth-order valence-electron chi connectivity index (χ4n) is 2.45. The van der Waals surface area contributed by atoms with Crippen molar-refractivity contribution in [2.24, 2.45) is 0 Å². The summed E-state index contributed by atoms with van der Waals surface area (Å²) in [6.45, 7) is 2.12. The average molecular weight is 327 g/mol. The molecule has 124 valence electrons. The lowest BCUT2D eigenvalue weighted by Crippen LogP contribution is -2.18. The largest absolute Gasteiger partial charge is 0.482 e. The van der Waals surface area contributed by atoms with Gasteiger partial charge in [-0.3, -0.25) is 5.10 Å². The second kappa shape index (κ2) is 6.53. The molecule has 0 amide bonds. The van der Waals surface area contributed by atoms with E-state index in [1.165, 1.54) is 6.33 Å². The van der Waals surface area contributed by atoms with Crippen LogP contribution in [0.3, 0.4) is 0 Å². The zero-order valence-electron chi connectivity index (χ0n) is 13.4. The predicted molar refractivity (Wildman–Crippen MR) is 88.1 cm³/mol. The molecule has 0 spiro atoms. The highest BCUT2D eigenvalue weighted by molar-refractivity contribution is 5.86. The topological polar surface area (TPSA) is 104 Å². The van der Waals surface area contributed by atoms with Gasteiger partial charge in [0, 0.05) is 13.6 Å². The van der Waals surface area contributed by atoms with Gasteiger partial charge in [0.1, 0.15) is 17.6 Å². The first kappa shape index (κ1) is 15.7. The van der Waals surface area contributed by atoms with Crippen LogP contribution in [0.4, 0.5) is 5.82 Å². The van der Waals surface area contributed by atoms with Gasteiger partial charge < -0.3 is 14.7 Å². The zero-order chi connectivity index (χ0) is 17.1. The highest BCUT2D eigenvalue weighted by Gasteiger charge is 2.13. The number of hydrogen-bond acceptors (Lipinski definition) is 6. The SMILES string of the molecule is Cc1[nH]nc2c(N(C)Cc3cccc(OCC(=O)O)c3)ncnc12. The Bertz CT molecular complexity index is 877. The van der Waals surface area contributed by atoms with Crippen molar-refractivity contribution >= 4 is 22.8 Å². The number of fused-ring (bicyclic) bond motifs is 1. The van der Waals surface area contributed by atoms with E-state index in [9.17, 15) is 4.79 Å². The van der Waals surface area contributed by atoms with Crippen LogP contribution in [-0.2, 0) is 11.3 Å². The molecule has 0 unspecified atom stereocenters. The van der Waals surface area contributed by atoms with E-state index in [-0.39, 0.29) is 6.61 Å². The number of nitrogens with zero attached hydrogens (tertiary/aromatic N) is 4. The third-order valence-electron chi connectivity index (χ3n) is 3.54. The Hall–Kier alpha value is -3.16. The molecule has 2 aromatic heterocycles. The second-order valence-electron chi connectivity index (χ2n) is 5.43. The number of aromatic amines is 1. The van der Waals surface area contributed by atoms with Crippen LogP contribution in [0, 0.1) is 6.92 Å². The summed E-state index contributed by atoms with van der Waals surface area (Å²) < 4.78 is 5.21. The molecular formula is C16H17N5O3. The normalized spacial score (nSPS) is 10.8. The Morgan fingerprint density at radius 1 is 1.33 bits per heavy atom. The molecule has 0 radical (unpaired) electrons. The minimum absolute atomic E-state index is 0.363. The number of nitrogens with one attached hydrogen (secondary N) is 1. The Kier molecular flexibility index (Phi) is 4.28. The fraction of sp³-hybridized carbons (Fsp3) is 0.250. The molecule has 0 atom stereocenters. The quantitative estimate of drug-likeness (QED) is 0.711. The van der Waals surface area contributed by atoms with Crippen LogP contribution in [0.1, 0.15) is 11.3 Å². The lowest BCUT2D eigenvalue weighted by Gasteiger charge is -2.18. The summed E-state index contributed by atoms with van der Waals surface area (Å²) in [5.74, 6) is 0.239. The van der Waals surface area contributed by atoms with Crippen LogP contribution in [0.2, 0.25) is 0 Å². The standard InChI is InChI=1S/C16H17N5O3/c1-10-14-15(20-19-10)16(18-9-17-14)21(2)7-11-4-3-5-12(6-11)24-8-13(22)23/h3-6,9H,7-8H2,1-2H3,(H,19,20)(H,22,23). The number of rotatable bonds is 6. The molecule has 2 heterocycles. The van der Waals surface area contributed by atoms with Gasteiger partial charge in [-0.2, -0.15) is 5.10 Å². The first-order chi connectivity index (χ1) is 11.5. The summed E-state index contributed by atoms with van der Waals surface area (Å²) in [7, 11) is 1.91. The molecule has 0 aliphatic rings. The van der Waals surface area contributed by atoms with Crippen molar-refractivity contribution in [2.75, 3.05) is 18.6 Å². The highest BCUT2D eigenvalue weighted by atomic mass is 16.5. The minimum atomic E-state index is -1.00. The monoisotopic (exact) mass is 327 g/mol. The summed E-state index contributed by atoms with van der Waals surface area (Å²) in [6.07, 6.45) is 1.52. The number of benzene rings is 1. The maximum Gasteiger partial charge on any atom is 0.341 e. The number of H-pyrrole nitrogens is 1. The van der Waals surface area contributed by atoms with Crippen LogP contribution >= 0.6 is 0 Å². The minimum Gasteiger partial charge on any atom is -0.482 e. The molecule has 0 fully saturated rings. The van der Waals surface area contributed by atoms with Crippen LogP contribution in [0.5, 0.6) is 5.75 Å². The van der Waals surface area contributed by atoms with Crippen LogP contribution in [0.15, 0.2) is 30.6 Å². The summed E-state index contributed by atoms with van der Waals surface area (Å²) in [6, 6.07) is 7.31. The summed E-state index contributed by atoms with van der Waals surface area (Å²) >= 11 is 0. The first-order valence-corrected chi connectivity index (χ1v) is 7.35. The van der Waals surface area contributed by atoms with E-state index in [1.807, 2.05) is 37.1 Å². The summed E-state index contributed by atoms with van der Waals surface area (Å²) in [5.41, 5.74) is 3.38. The molecule has 0 saturated heterocycles. The highest BCUT2D eigenvalue weighted by Crippen LogP contribution is 2.23. The van der Waals surface area contributed by atoms with Crippen LogP contribution in [0.25, 0.3) is 11.0 Å². The fourth-order valence-corrected chi connectivity index (χ4v) is 2.45. The summed E-state index contributed by atoms with van der Waals surface area (Å²) in [4.78, 5) is 21.1. The van der Waals surface area contributed by atoms with Gasteiger partial charge in [0.15, 0.2) is 17.9 Å². The van der Waals surface area contributed by atoms with Gasteiger partial charge in [0.05, 0.1) is 5.69 Å². The van der Waals surface area contributed by atoms with Gasteiger partial charge >= 0.3 is 5.97 Å². The number of aliphatic carboxylic acids is 1. The molecule has 0 aliphatic carbocycles. The van der Waals surface area contributed by atoms with E-state index >= 15 is 0 Å². The van der Waals surface area contributed by atoms with Crippen molar-refractivity contribution < 1.29 is 14.6 Å². The van der Waals surface area contributed by atoms with Gasteiger partial charge in [0.25, 0.3) is 0 Å². The van der Waals surface area contributed by atoms with Crippen molar-refractivity contribution in [1.82, 2.24) is 20.2 Å². The van der Waals surface area contributed by atoms with E-state index in [0.717, 1.165) is 28.1 Å². The van der Waals surface area contributed by atoms with E-state index in [1.54, 1.807) is 6.07 Å². The Labute approximate surface area is 138 Å². The zero-order valence-corrected chi connectivity index (χ0v) is 13.4. The molecule has 3 aromatic rings. The van der Waals surface area contributed by atoms with Gasteiger partial charge in [-0.05, 0) is 24.6 Å². The molecular weight excluding hydrogens is 310 g/mol. The molecule has 8 nitrogen and oxygen atoms in total. The number of aryl methyl sites for hydroxylation is 1. The molecule has 0 saturated carbocycles. The number of ether oxygens (including phenoxy) is 1. The van der Waals surface area contributed by atoms with Gasteiger partial charge in [-0.25, -0.2) is 14.8 Å². The third-order valence-corrected chi connectivity index (χ3v) is 3.54. The molecule has 0 bridgehead atoms. The molecule has 8 heteroatoms. The van der Waals surface area contributed by atoms with Gasteiger partial charge in [0.2, 0.25) is 0 Å². The maximum atomic E-state index is 10.6. The van der Waals surface area contributed by atoms with E-state index < -0.39 is 5.97 Å². The van der Waals surface area contributed by atoms with Crippen molar-refractivity contribution in [2.45, 2.75) is 13.5 Å². The molecule has 0 aliphatic heterocycles. The third kappa shape index (κ3) is 3.27. The van der Waals surface area contributed by atoms with Crippen molar-refractivity contribution in [3.05, 3.63) is 41.9 Å². The molecule has 2 N–H and O–H groups in total. The Balaban J connectivity index is 1.80. The smallest absolute Gasteiger partial charge is 0.341 e. The van der Waals surface area contributed by atoms with Crippen LogP contribution < -0.4 is 9.64 Å². The number of carbonyl (C=O) groups is 1. The van der Waals surface area contributed by atoms with E-state index in [2.05, 4.69) is 20.2 Å². The van der Waals surface area contributed by atoms with Crippen molar-refractivity contribution in [3.63, 3.8) is 0 Å².